The lowest BCUT2D eigenvalue weighted by atomic mass is 10.2. The molecule has 0 amide bonds. The summed E-state index contributed by atoms with van der Waals surface area (Å²) in [7, 11) is 0. The van der Waals surface area contributed by atoms with Gasteiger partial charge in [0.05, 0.1) is 0 Å². The Bertz CT molecular complexity index is 190. The summed E-state index contributed by atoms with van der Waals surface area (Å²) in [5.41, 5.74) is 0. The highest BCUT2D eigenvalue weighted by atomic mass is 19.4. The van der Waals surface area contributed by atoms with Crippen LogP contribution in [0.1, 0.15) is 0 Å². The summed E-state index contributed by atoms with van der Waals surface area (Å²) < 4.78 is 55.0. The predicted molar refractivity (Wildman–Crippen MR) is 27.2 cm³/mol. The highest BCUT2D eigenvalue weighted by molar-refractivity contribution is 5.61. The Hall–Kier alpha value is -1.01. The van der Waals surface area contributed by atoms with Crippen LogP contribution in [0.5, 0.6) is 0 Å². The van der Waals surface area contributed by atoms with E-state index in [4.69, 9.17) is 0 Å². The van der Waals surface area contributed by atoms with Crippen LogP contribution in [0.15, 0.2) is 0 Å². The second kappa shape index (κ2) is 2.80. The van der Waals surface area contributed by atoms with Crippen LogP contribution in [-0.2, 0) is 9.47 Å². The number of cyclic esters (lactones) is 2. The Morgan fingerprint density at radius 1 is 1.50 bits per heavy atom. The molecule has 1 aliphatic rings. The molecule has 0 spiro atoms. The fraction of sp³-hybridized carbons (Fsp3) is 0.800. The second-order valence-corrected chi connectivity index (χ2v) is 2.16. The van der Waals surface area contributed by atoms with Crippen molar-refractivity contribution in [3.8, 4) is 0 Å². The topological polar surface area (TPSA) is 35.5 Å². The number of rotatable bonds is 1. The van der Waals surface area contributed by atoms with Crippen LogP contribution in [0.2, 0.25) is 0 Å². The summed E-state index contributed by atoms with van der Waals surface area (Å²) in [6, 6.07) is 0. The van der Waals surface area contributed by atoms with Crippen molar-refractivity contribution >= 4 is 6.16 Å². The van der Waals surface area contributed by atoms with Crippen molar-refractivity contribution in [3.63, 3.8) is 0 Å². The van der Waals surface area contributed by atoms with Gasteiger partial charge in [-0.25, -0.2) is 9.18 Å². The first-order valence-corrected chi connectivity index (χ1v) is 2.95. The third-order valence-corrected chi connectivity index (χ3v) is 1.25. The third-order valence-electron chi connectivity index (χ3n) is 1.25. The van der Waals surface area contributed by atoms with E-state index in [2.05, 4.69) is 9.47 Å². The highest BCUT2D eigenvalue weighted by Crippen LogP contribution is 2.28. The SMILES string of the molecule is O=C1OCC(C(F)C(F)(F)F)O1. The molecule has 12 heavy (non-hydrogen) atoms. The van der Waals surface area contributed by atoms with Crippen molar-refractivity contribution in [3.05, 3.63) is 0 Å². The molecule has 3 nitrogen and oxygen atoms in total. The normalized spacial score (nSPS) is 26.3. The molecular formula is C5H4F4O3. The highest BCUT2D eigenvalue weighted by Gasteiger charge is 2.50. The molecule has 7 heteroatoms. The molecule has 0 bridgehead atoms. The summed E-state index contributed by atoms with van der Waals surface area (Å²) in [6.45, 7) is -0.695. The monoisotopic (exact) mass is 188 g/mol. The van der Waals surface area contributed by atoms with Gasteiger partial charge in [0.1, 0.15) is 6.61 Å². The second-order valence-electron chi connectivity index (χ2n) is 2.16. The molecule has 1 heterocycles. The van der Waals surface area contributed by atoms with Gasteiger partial charge in [-0.15, -0.1) is 0 Å². The Kier molecular flexibility index (Phi) is 2.12. The van der Waals surface area contributed by atoms with Crippen LogP contribution in [0.3, 0.4) is 0 Å². The minimum absolute atomic E-state index is 0.695. The third kappa shape index (κ3) is 1.77. The van der Waals surface area contributed by atoms with E-state index in [1.54, 1.807) is 0 Å². The molecule has 0 radical (unpaired) electrons. The molecule has 0 N–H and O–H groups in total. The number of hydrogen-bond donors (Lipinski definition) is 0. The predicted octanol–water partition coefficient (Wildman–Crippen LogP) is 1.42. The van der Waals surface area contributed by atoms with Gasteiger partial charge in [-0.1, -0.05) is 0 Å². The number of carbonyl (C=O) groups excluding carboxylic acids is 1. The molecule has 1 fully saturated rings. The molecule has 2 unspecified atom stereocenters. The number of hydrogen-bond acceptors (Lipinski definition) is 3. The van der Waals surface area contributed by atoms with E-state index in [0.717, 1.165) is 0 Å². The Labute approximate surface area is 64.2 Å². The first-order valence-electron chi connectivity index (χ1n) is 2.95. The van der Waals surface area contributed by atoms with Crippen molar-refractivity contribution in [1.29, 1.82) is 0 Å². The van der Waals surface area contributed by atoms with Gasteiger partial charge in [0.15, 0.2) is 6.10 Å². The average Bonchev–Trinajstić information content (AvgIpc) is 2.32. The van der Waals surface area contributed by atoms with E-state index < -0.39 is 31.2 Å². The summed E-state index contributed by atoms with van der Waals surface area (Å²) in [4.78, 5) is 10.1. The Morgan fingerprint density at radius 2 is 2.08 bits per heavy atom. The molecule has 70 valence electrons. The molecule has 0 aromatic heterocycles. The quantitative estimate of drug-likeness (QED) is 0.461. The first-order chi connectivity index (χ1) is 5.41. The van der Waals surface area contributed by atoms with Crippen LogP contribution in [0.4, 0.5) is 22.4 Å². The average molecular weight is 188 g/mol. The van der Waals surface area contributed by atoms with E-state index in [1.807, 2.05) is 0 Å². The van der Waals surface area contributed by atoms with Crippen LogP contribution in [0.25, 0.3) is 0 Å². The standard InChI is InChI=1S/C5H4F4O3/c6-3(5(7,8)9)2-1-11-4(10)12-2/h2-3H,1H2. The summed E-state index contributed by atoms with van der Waals surface area (Å²) in [5.74, 6) is 0. The lowest BCUT2D eigenvalue weighted by Crippen LogP contribution is -2.37. The molecule has 0 aromatic rings. The Balaban J connectivity index is 2.54. The molecule has 0 saturated carbocycles. The van der Waals surface area contributed by atoms with Crippen molar-refractivity contribution in [2.24, 2.45) is 0 Å². The molecule has 1 aliphatic heterocycles. The maximum absolute atomic E-state index is 12.3. The van der Waals surface area contributed by atoms with Gasteiger partial charge < -0.3 is 9.47 Å². The smallest absolute Gasteiger partial charge is 0.430 e. The minimum atomic E-state index is -5.02. The maximum Gasteiger partial charge on any atom is 0.508 e. The van der Waals surface area contributed by atoms with Gasteiger partial charge in [0.25, 0.3) is 0 Å². The van der Waals surface area contributed by atoms with Crippen LogP contribution < -0.4 is 0 Å². The van der Waals surface area contributed by atoms with E-state index in [-0.39, 0.29) is 0 Å². The minimum Gasteiger partial charge on any atom is -0.430 e. The van der Waals surface area contributed by atoms with Crippen LogP contribution >= 0.6 is 0 Å². The number of alkyl halides is 4. The lowest BCUT2D eigenvalue weighted by molar-refractivity contribution is -0.200. The van der Waals surface area contributed by atoms with Crippen molar-refractivity contribution < 1.29 is 31.8 Å². The van der Waals surface area contributed by atoms with Gasteiger partial charge in [-0.3, -0.25) is 0 Å². The van der Waals surface area contributed by atoms with E-state index in [1.165, 1.54) is 0 Å². The fourth-order valence-electron chi connectivity index (χ4n) is 0.697. The van der Waals surface area contributed by atoms with Crippen molar-refractivity contribution in [2.75, 3.05) is 6.61 Å². The Morgan fingerprint density at radius 3 is 2.42 bits per heavy atom. The van der Waals surface area contributed by atoms with E-state index >= 15 is 0 Å². The van der Waals surface area contributed by atoms with Gasteiger partial charge in [-0.05, 0) is 0 Å². The summed E-state index contributed by atoms with van der Waals surface area (Å²) in [5, 5.41) is 0. The number of carbonyl (C=O) groups is 1. The van der Waals surface area contributed by atoms with Gasteiger partial charge in [0, 0.05) is 0 Å². The van der Waals surface area contributed by atoms with Gasteiger partial charge in [-0.2, -0.15) is 13.2 Å². The molecular weight excluding hydrogens is 184 g/mol. The largest absolute Gasteiger partial charge is 0.508 e. The summed E-state index contributed by atoms with van der Waals surface area (Å²) in [6.07, 6.45) is -11.3. The number of ether oxygens (including phenoxy) is 2. The lowest BCUT2D eigenvalue weighted by Gasteiger charge is -2.14. The maximum atomic E-state index is 12.3. The van der Waals surface area contributed by atoms with Gasteiger partial charge in [0.2, 0.25) is 6.17 Å². The molecule has 1 saturated heterocycles. The zero-order valence-electron chi connectivity index (χ0n) is 5.60. The van der Waals surface area contributed by atoms with Crippen molar-refractivity contribution in [2.45, 2.75) is 18.5 Å². The van der Waals surface area contributed by atoms with Crippen LogP contribution in [0, 0.1) is 0 Å². The van der Waals surface area contributed by atoms with Crippen LogP contribution in [-0.4, -0.2) is 31.2 Å². The van der Waals surface area contributed by atoms with E-state index in [0.29, 0.717) is 0 Å². The first kappa shape index (κ1) is 9.08. The van der Waals surface area contributed by atoms with Gasteiger partial charge >= 0.3 is 12.3 Å². The summed E-state index contributed by atoms with van der Waals surface area (Å²) >= 11 is 0. The fourth-order valence-corrected chi connectivity index (χ4v) is 0.697. The molecule has 1 rings (SSSR count). The molecule has 0 aromatic carbocycles. The van der Waals surface area contributed by atoms with E-state index in [9.17, 15) is 22.4 Å². The molecule has 0 aliphatic carbocycles. The van der Waals surface area contributed by atoms with Crippen molar-refractivity contribution in [1.82, 2.24) is 0 Å². The molecule has 2 atom stereocenters. The zero-order chi connectivity index (χ0) is 9.35. The number of halogens is 4. The zero-order valence-corrected chi connectivity index (χ0v) is 5.60.